The van der Waals surface area contributed by atoms with Gasteiger partial charge in [-0.25, -0.2) is 0 Å². The average Bonchev–Trinajstić information content (AvgIpc) is 2.19. The maximum Gasteiger partial charge on any atom is 0.00405 e. The second kappa shape index (κ2) is 5.41. The first-order valence-electron chi connectivity index (χ1n) is 5.90. The van der Waals surface area contributed by atoms with E-state index < -0.39 is 0 Å². The molecule has 0 aromatic rings. The minimum absolute atomic E-state index is 0.377. The van der Waals surface area contributed by atoms with Gasteiger partial charge in [0.25, 0.3) is 0 Å². The summed E-state index contributed by atoms with van der Waals surface area (Å²) in [6, 6.07) is 0. The number of nitrogens with zero attached hydrogens (tertiary/aromatic N) is 1. The topological polar surface area (TPSA) is 3.24 Å². The molecular weight excluding hydrogens is 190 g/mol. The lowest BCUT2D eigenvalue weighted by atomic mass is 9.91. The van der Waals surface area contributed by atoms with Crippen molar-refractivity contribution in [2.45, 2.75) is 40.0 Å². The van der Waals surface area contributed by atoms with Crippen LogP contribution in [0.15, 0.2) is 0 Å². The fourth-order valence-corrected chi connectivity index (χ4v) is 2.31. The SMILES string of the molecule is CCC1CCN(CC(C)(C)CS)CC1. The molecule has 84 valence electrons. The van der Waals surface area contributed by atoms with E-state index in [2.05, 4.69) is 38.3 Å². The second-order valence-electron chi connectivity index (χ2n) is 5.45. The van der Waals surface area contributed by atoms with Crippen LogP contribution in [0.2, 0.25) is 0 Å². The number of piperidine rings is 1. The summed E-state index contributed by atoms with van der Waals surface area (Å²) < 4.78 is 0. The van der Waals surface area contributed by atoms with Crippen LogP contribution in [0.5, 0.6) is 0 Å². The van der Waals surface area contributed by atoms with Crippen molar-refractivity contribution < 1.29 is 0 Å². The Kier molecular flexibility index (Phi) is 4.78. The van der Waals surface area contributed by atoms with Gasteiger partial charge in [0.05, 0.1) is 0 Å². The van der Waals surface area contributed by atoms with Crippen molar-refractivity contribution in [2.75, 3.05) is 25.4 Å². The van der Waals surface area contributed by atoms with E-state index >= 15 is 0 Å². The molecule has 1 heterocycles. The highest BCUT2D eigenvalue weighted by molar-refractivity contribution is 7.80. The zero-order valence-electron chi connectivity index (χ0n) is 9.92. The molecule has 0 unspecified atom stereocenters. The fraction of sp³-hybridized carbons (Fsp3) is 1.00. The third kappa shape index (κ3) is 3.82. The summed E-state index contributed by atoms with van der Waals surface area (Å²) >= 11 is 4.41. The lowest BCUT2D eigenvalue weighted by Gasteiger charge is -2.36. The Labute approximate surface area is 94.7 Å². The highest BCUT2D eigenvalue weighted by atomic mass is 32.1. The fourth-order valence-electron chi connectivity index (χ4n) is 2.21. The molecule has 1 aliphatic heterocycles. The molecule has 1 rings (SSSR count). The minimum atomic E-state index is 0.377. The zero-order valence-corrected chi connectivity index (χ0v) is 10.8. The summed E-state index contributed by atoms with van der Waals surface area (Å²) in [4.78, 5) is 2.61. The third-order valence-electron chi connectivity index (χ3n) is 3.36. The summed E-state index contributed by atoms with van der Waals surface area (Å²) in [5, 5.41) is 0. The van der Waals surface area contributed by atoms with Crippen LogP contribution in [0.3, 0.4) is 0 Å². The van der Waals surface area contributed by atoms with E-state index in [1.165, 1.54) is 38.9 Å². The summed E-state index contributed by atoms with van der Waals surface area (Å²) in [7, 11) is 0. The molecular formula is C12H25NS. The molecule has 0 saturated carbocycles. The summed E-state index contributed by atoms with van der Waals surface area (Å²) in [5.41, 5.74) is 0.377. The Balaban J connectivity index is 2.28. The van der Waals surface area contributed by atoms with Gasteiger partial charge in [-0.2, -0.15) is 12.6 Å². The number of hydrogen-bond acceptors (Lipinski definition) is 2. The number of hydrogen-bond donors (Lipinski definition) is 1. The van der Waals surface area contributed by atoms with Crippen molar-refractivity contribution in [3.8, 4) is 0 Å². The minimum Gasteiger partial charge on any atom is -0.303 e. The largest absolute Gasteiger partial charge is 0.303 e. The van der Waals surface area contributed by atoms with Gasteiger partial charge in [0.15, 0.2) is 0 Å². The molecule has 0 spiro atoms. The van der Waals surface area contributed by atoms with Gasteiger partial charge in [-0.15, -0.1) is 0 Å². The summed E-state index contributed by atoms with van der Waals surface area (Å²) in [6.45, 7) is 10.8. The smallest absolute Gasteiger partial charge is 0.00405 e. The van der Waals surface area contributed by atoms with Crippen LogP contribution >= 0.6 is 12.6 Å². The van der Waals surface area contributed by atoms with E-state index in [0.717, 1.165) is 11.7 Å². The van der Waals surface area contributed by atoms with Gasteiger partial charge in [0, 0.05) is 6.54 Å². The van der Waals surface area contributed by atoms with Gasteiger partial charge in [-0.3, -0.25) is 0 Å². The highest BCUT2D eigenvalue weighted by Gasteiger charge is 2.23. The molecule has 0 bridgehead atoms. The van der Waals surface area contributed by atoms with E-state index in [4.69, 9.17) is 0 Å². The maximum atomic E-state index is 4.41. The molecule has 0 aromatic carbocycles. The Morgan fingerprint density at radius 3 is 2.29 bits per heavy atom. The van der Waals surface area contributed by atoms with E-state index in [1.807, 2.05) is 0 Å². The molecule has 0 N–H and O–H groups in total. The summed E-state index contributed by atoms with van der Waals surface area (Å²) in [6.07, 6.45) is 4.17. The Morgan fingerprint density at radius 2 is 1.86 bits per heavy atom. The van der Waals surface area contributed by atoms with Crippen molar-refractivity contribution in [3.63, 3.8) is 0 Å². The molecule has 0 aliphatic carbocycles. The predicted octanol–water partition coefficient (Wildman–Crippen LogP) is 3.06. The molecule has 1 nitrogen and oxygen atoms in total. The van der Waals surface area contributed by atoms with Crippen molar-refractivity contribution in [1.29, 1.82) is 0 Å². The zero-order chi connectivity index (χ0) is 10.6. The van der Waals surface area contributed by atoms with Crippen LogP contribution in [0, 0.1) is 11.3 Å². The molecule has 1 saturated heterocycles. The van der Waals surface area contributed by atoms with E-state index in [-0.39, 0.29) is 0 Å². The summed E-state index contributed by atoms with van der Waals surface area (Å²) in [5.74, 6) is 1.98. The van der Waals surface area contributed by atoms with Crippen LogP contribution < -0.4 is 0 Å². The third-order valence-corrected chi connectivity index (χ3v) is 4.22. The van der Waals surface area contributed by atoms with Gasteiger partial charge < -0.3 is 4.90 Å². The predicted molar refractivity (Wildman–Crippen MR) is 67.1 cm³/mol. The van der Waals surface area contributed by atoms with Gasteiger partial charge in [-0.05, 0) is 43.0 Å². The quantitative estimate of drug-likeness (QED) is 0.705. The number of thiol groups is 1. The molecule has 1 fully saturated rings. The molecule has 0 radical (unpaired) electrons. The van der Waals surface area contributed by atoms with Crippen molar-refractivity contribution >= 4 is 12.6 Å². The molecule has 0 atom stereocenters. The number of rotatable bonds is 4. The molecule has 0 amide bonds. The molecule has 2 heteroatoms. The maximum absolute atomic E-state index is 4.41. The van der Waals surface area contributed by atoms with Gasteiger partial charge in [0.1, 0.15) is 0 Å². The number of likely N-dealkylation sites (tertiary alicyclic amines) is 1. The Morgan fingerprint density at radius 1 is 1.29 bits per heavy atom. The highest BCUT2D eigenvalue weighted by Crippen LogP contribution is 2.24. The first-order chi connectivity index (χ1) is 6.57. The van der Waals surface area contributed by atoms with E-state index in [9.17, 15) is 0 Å². The lowest BCUT2D eigenvalue weighted by molar-refractivity contribution is 0.137. The van der Waals surface area contributed by atoms with Crippen LogP contribution in [0.4, 0.5) is 0 Å². The van der Waals surface area contributed by atoms with Gasteiger partial charge >= 0.3 is 0 Å². The Hall–Kier alpha value is 0.310. The van der Waals surface area contributed by atoms with Gasteiger partial charge in [-0.1, -0.05) is 27.2 Å². The second-order valence-corrected chi connectivity index (χ2v) is 5.77. The lowest BCUT2D eigenvalue weighted by Crippen LogP contribution is -2.40. The van der Waals surface area contributed by atoms with Crippen LogP contribution in [0.1, 0.15) is 40.0 Å². The van der Waals surface area contributed by atoms with E-state index in [1.54, 1.807) is 0 Å². The average molecular weight is 215 g/mol. The standard InChI is InChI=1S/C12H25NS/c1-4-11-5-7-13(8-6-11)9-12(2,3)10-14/h11,14H,4-10H2,1-3H3. The van der Waals surface area contributed by atoms with Crippen LogP contribution in [-0.4, -0.2) is 30.3 Å². The molecule has 1 aliphatic rings. The van der Waals surface area contributed by atoms with Crippen molar-refractivity contribution in [1.82, 2.24) is 4.90 Å². The van der Waals surface area contributed by atoms with Crippen LogP contribution in [0.25, 0.3) is 0 Å². The molecule has 0 aromatic heterocycles. The normalized spacial score (nSPS) is 21.4. The van der Waals surface area contributed by atoms with Crippen molar-refractivity contribution in [2.24, 2.45) is 11.3 Å². The van der Waals surface area contributed by atoms with Crippen molar-refractivity contribution in [3.05, 3.63) is 0 Å². The Bertz CT molecular complexity index is 160. The molecule has 14 heavy (non-hydrogen) atoms. The van der Waals surface area contributed by atoms with Crippen LogP contribution in [-0.2, 0) is 0 Å². The first-order valence-corrected chi connectivity index (χ1v) is 6.54. The monoisotopic (exact) mass is 215 g/mol. The van der Waals surface area contributed by atoms with Gasteiger partial charge in [0.2, 0.25) is 0 Å². The first kappa shape index (κ1) is 12.4. The van der Waals surface area contributed by atoms with E-state index in [0.29, 0.717) is 5.41 Å².